The summed E-state index contributed by atoms with van der Waals surface area (Å²) in [6, 6.07) is 0.240. The zero-order chi connectivity index (χ0) is 14.9. The number of hydrogen-bond acceptors (Lipinski definition) is 3. The molecule has 0 aliphatic carbocycles. The number of aromatic amines is 1. The Morgan fingerprint density at radius 1 is 1.50 bits per heavy atom. The molecule has 7 heteroatoms. The van der Waals surface area contributed by atoms with Crippen molar-refractivity contribution >= 4 is 21.8 Å². The van der Waals surface area contributed by atoms with Crippen molar-refractivity contribution in [3.8, 4) is 0 Å². The highest BCUT2D eigenvalue weighted by Gasteiger charge is 2.30. The maximum absolute atomic E-state index is 12.3. The lowest BCUT2D eigenvalue weighted by molar-refractivity contribution is -0.133. The zero-order valence-electron chi connectivity index (χ0n) is 11.6. The maximum atomic E-state index is 12.3. The smallest absolute Gasteiger partial charge is 0.328 e. The molecule has 1 amide bonds. The van der Waals surface area contributed by atoms with E-state index in [1.165, 1.54) is 10.8 Å². The van der Waals surface area contributed by atoms with Crippen LogP contribution in [0.3, 0.4) is 0 Å². The van der Waals surface area contributed by atoms with Gasteiger partial charge in [0, 0.05) is 18.8 Å². The number of aromatic nitrogens is 2. The van der Waals surface area contributed by atoms with Crippen molar-refractivity contribution in [1.29, 1.82) is 0 Å². The molecule has 1 aromatic rings. The Morgan fingerprint density at radius 3 is 2.85 bits per heavy atom. The lowest BCUT2D eigenvalue weighted by Gasteiger charge is -2.27. The Kier molecular flexibility index (Phi) is 4.47. The van der Waals surface area contributed by atoms with E-state index in [0.29, 0.717) is 5.92 Å². The summed E-state index contributed by atoms with van der Waals surface area (Å²) in [7, 11) is 0. The fourth-order valence-electron chi connectivity index (χ4n) is 2.63. The minimum absolute atomic E-state index is 0.0442. The molecule has 1 aromatic heterocycles. The van der Waals surface area contributed by atoms with Gasteiger partial charge in [-0.15, -0.1) is 0 Å². The summed E-state index contributed by atoms with van der Waals surface area (Å²) in [6.45, 7) is 4.89. The van der Waals surface area contributed by atoms with Gasteiger partial charge in [-0.3, -0.25) is 19.1 Å². The van der Waals surface area contributed by atoms with Crippen molar-refractivity contribution in [2.45, 2.75) is 39.3 Å². The molecule has 1 saturated heterocycles. The molecule has 6 nitrogen and oxygen atoms in total. The molecule has 0 saturated carbocycles. The lowest BCUT2D eigenvalue weighted by Crippen LogP contribution is -2.42. The number of likely N-dealkylation sites (tertiary alicyclic amines) is 1. The number of rotatable bonds is 3. The van der Waals surface area contributed by atoms with Crippen molar-refractivity contribution in [1.82, 2.24) is 14.5 Å². The van der Waals surface area contributed by atoms with Gasteiger partial charge < -0.3 is 4.90 Å². The van der Waals surface area contributed by atoms with Gasteiger partial charge in [0.2, 0.25) is 5.91 Å². The van der Waals surface area contributed by atoms with E-state index >= 15 is 0 Å². The SMILES string of the molecule is CC(C)[C@@H]1CCCN1C(=O)Cn1cc(Br)c(=O)[nH]c1=O. The van der Waals surface area contributed by atoms with E-state index in [2.05, 4.69) is 34.8 Å². The summed E-state index contributed by atoms with van der Waals surface area (Å²) >= 11 is 3.06. The summed E-state index contributed by atoms with van der Waals surface area (Å²) in [6.07, 6.45) is 3.37. The van der Waals surface area contributed by atoms with Gasteiger partial charge in [0.15, 0.2) is 0 Å². The van der Waals surface area contributed by atoms with Crippen LogP contribution < -0.4 is 11.2 Å². The average Bonchev–Trinajstić information content (AvgIpc) is 2.85. The van der Waals surface area contributed by atoms with E-state index in [-0.39, 0.29) is 23.0 Å². The first-order valence-corrected chi connectivity index (χ1v) is 7.48. The highest BCUT2D eigenvalue weighted by Crippen LogP contribution is 2.23. The van der Waals surface area contributed by atoms with E-state index in [4.69, 9.17) is 0 Å². The van der Waals surface area contributed by atoms with Crippen LogP contribution >= 0.6 is 15.9 Å². The second-order valence-electron chi connectivity index (χ2n) is 5.40. The molecule has 110 valence electrons. The molecule has 0 spiro atoms. The molecule has 0 unspecified atom stereocenters. The predicted molar refractivity (Wildman–Crippen MR) is 78.6 cm³/mol. The Balaban J connectivity index is 2.18. The van der Waals surface area contributed by atoms with Gasteiger partial charge in [-0.2, -0.15) is 0 Å². The third-order valence-electron chi connectivity index (χ3n) is 3.66. The van der Waals surface area contributed by atoms with Crippen molar-refractivity contribution < 1.29 is 4.79 Å². The van der Waals surface area contributed by atoms with E-state index < -0.39 is 11.2 Å². The summed E-state index contributed by atoms with van der Waals surface area (Å²) in [5.41, 5.74) is -1.05. The molecule has 2 rings (SSSR count). The zero-order valence-corrected chi connectivity index (χ0v) is 13.1. The van der Waals surface area contributed by atoms with Crippen molar-refractivity contribution in [3.63, 3.8) is 0 Å². The molecular weight excluding hydrogens is 326 g/mol. The third-order valence-corrected chi connectivity index (χ3v) is 4.23. The molecule has 0 aromatic carbocycles. The van der Waals surface area contributed by atoms with Crippen LogP contribution in [-0.2, 0) is 11.3 Å². The predicted octanol–water partition coefficient (Wildman–Crippen LogP) is 0.946. The van der Waals surface area contributed by atoms with E-state index in [0.717, 1.165) is 19.4 Å². The Bertz CT molecular complexity index is 620. The van der Waals surface area contributed by atoms with E-state index in [1.54, 1.807) is 0 Å². The monoisotopic (exact) mass is 343 g/mol. The molecule has 1 aliphatic rings. The van der Waals surface area contributed by atoms with Crippen LogP contribution in [0.15, 0.2) is 20.3 Å². The topological polar surface area (TPSA) is 75.2 Å². The van der Waals surface area contributed by atoms with Crippen LogP contribution in [0, 0.1) is 5.92 Å². The Morgan fingerprint density at radius 2 is 2.20 bits per heavy atom. The van der Waals surface area contributed by atoms with E-state index in [1.807, 2.05) is 4.90 Å². The van der Waals surface area contributed by atoms with Crippen LogP contribution in [0.5, 0.6) is 0 Å². The number of hydrogen-bond donors (Lipinski definition) is 1. The van der Waals surface area contributed by atoms with E-state index in [9.17, 15) is 14.4 Å². The molecule has 1 aliphatic heterocycles. The summed E-state index contributed by atoms with van der Waals surface area (Å²) in [4.78, 5) is 39.3. The number of H-pyrrole nitrogens is 1. The molecule has 20 heavy (non-hydrogen) atoms. The number of carbonyl (C=O) groups is 1. The van der Waals surface area contributed by atoms with Crippen LogP contribution in [0.25, 0.3) is 0 Å². The van der Waals surface area contributed by atoms with Gasteiger partial charge >= 0.3 is 5.69 Å². The first-order valence-electron chi connectivity index (χ1n) is 6.69. The minimum atomic E-state index is -0.563. The van der Waals surface area contributed by atoms with Crippen LogP contribution in [0.2, 0.25) is 0 Å². The largest absolute Gasteiger partial charge is 0.338 e. The normalized spacial score (nSPS) is 18.8. The fraction of sp³-hybridized carbons (Fsp3) is 0.615. The number of amides is 1. The molecule has 1 N–H and O–H groups in total. The highest BCUT2D eigenvalue weighted by molar-refractivity contribution is 9.10. The molecule has 0 radical (unpaired) electrons. The van der Waals surface area contributed by atoms with Gasteiger partial charge in [-0.25, -0.2) is 4.79 Å². The first-order chi connectivity index (χ1) is 9.40. The van der Waals surface area contributed by atoms with Gasteiger partial charge in [0.25, 0.3) is 5.56 Å². The summed E-state index contributed by atoms with van der Waals surface area (Å²) < 4.78 is 1.47. The van der Waals surface area contributed by atoms with Crippen LogP contribution in [0.4, 0.5) is 0 Å². The second kappa shape index (κ2) is 5.95. The summed E-state index contributed by atoms with van der Waals surface area (Å²) in [5.74, 6) is 0.322. The van der Waals surface area contributed by atoms with Crippen molar-refractivity contribution in [2.24, 2.45) is 5.92 Å². The number of halogens is 1. The van der Waals surface area contributed by atoms with Crippen LogP contribution in [-0.4, -0.2) is 32.9 Å². The molecular formula is C13H18BrN3O3. The molecule has 2 heterocycles. The number of nitrogens with zero attached hydrogens (tertiary/aromatic N) is 2. The first kappa shape index (κ1) is 15.0. The highest BCUT2D eigenvalue weighted by atomic mass is 79.9. The second-order valence-corrected chi connectivity index (χ2v) is 6.26. The van der Waals surface area contributed by atoms with Gasteiger partial charge in [0.05, 0.1) is 4.47 Å². The molecule has 1 fully saturated rings. The van der Waals surface area contributed by atoms with Gasteiger partial charge in [-0.1, -0.05) is 13.8 Å². The Labute approximate surface area is 124 Å². The third kappa shape index (κ3) is 3.03. The quantitative estimate of drug-likeness (QED) is 0.887. The van der Waals surface area contributed by atoms with Crippen LogP contribution in [0.1, 0.15) is 26.7 Å². The number of nitrogens with one attached hydrogen (secondary N) is 1. The van der Waals surface area contributed by atoms with Gasteiger partial charge in [-0.05, 0) is 34.7 Å². The maximum Gasteiger partial charge on any atom is 0.328 e. The van der Waals surface area contributed by atoms with Crippen molar-refractivity contribution in [3.05, 3.63) is 31.5 Å². The fourth-order valence-corrected chi connectivity index (χ4v) is 2.98. The molecule has 0 bridgehead atoms. The van der Waals surface area contributed by atoms with Gasteiger partial charge in [0.1, 0.15) is 6.54 Å². The Hall–Kier alpha value is -1.37. The minimum Gasteiger partial charge on any atom is -0.338 e. The molecule has 1 atom stereocenters. The van der Waals surface area contributed by atoms with Crippen molar-refractivity contribution in [2.75, 3.05) is 6.54 Å². The lowest BCUT2D eigenvalue weighted by atomic mass is 10.0. The number of carbonyl (C=O) groups excluding carboxylic acids is 1. The summed E-state index contributed by atoms with van der Waals surface area (Å²) in [5, 5.41) is 0. The standard InChI is InChI=1S/C13H18BrN3O3/c1-8(2)10-4-3-5-17(10)11(18)7-16-6-9(14)12(19)15-13(16)20/h6,8,10H,3-5,7H2,1-2H3,(H,15,19,20)/t10-/m0/s1. The average molecular weight is 344 g/mol.